The molecule has 1 unspecified atom stereocenters. The van der Waals surface area contributed by atoms with Gasteiger partial charge in [0.1, 0.15) is 0 Å². The second-order valence-electron chi connectivity index (χ2n) is 5.03. The van der Waals surface area contributed by atoms with Crippen molar-refractivity contribution in [1.29, 1.82) is 0 Å². The van der Waals surface area contributed by atoms with E-state index in [4.69, 9.17) is 4.74 Å². The van der Waals surface area contributed by atoms with Crippen LogP contribution in [0.3, 0.4) is 0 Å². The van der Waals surface area contributed by atoms with Crippen molar-refractivity contribution in [1.82, 2.24) is 0 Å². The molecule has 0 spiro atoms. The normalized spacial score (nSPS) is 16.7. The van der Waals surface area contributed by atoms with Gasteiger partial charge in [-0.2, -0.15) is 0 Å². The van der Waals surface area contributed by atoms with Crippen LogP contribution < -0.4 is 5.32 Å². The Labute approximate surface area is 134 Å². The number of benzene rings is 2. The second kappa shape index (κ2) is 6.44. The number of anilines is 1. The minimum absolute atomic E-state index is 0.200. The van der Waals surface area contributed by atoms with Gasteiger partial charge in [0, 0.05) is 11.1 Å². The summed E-state index contributed by atoms with van der Waals surface area (Å²) >= 11 is 0. The van der Waals surface area contributed by atoms with E-state index in [-0.39, 0.29) is 6.61 Å². The van der Waals surface area contributed by atoms with Gasteiger partial charge in [-0.3, -0.25) is 9.79 Å². The van der Waals surface area contributed by atoms with E-state index >= 15 is 0 Å². The number of carbonyl (C=O) groups excluding carboxylic acids is 2. The molecule has 3 rings (SSSR count). The number of rotatable bonds is 3. The van der Waals surface area contributed by atoms with Crippen molar-refractivity contribution in [2.24, 2.45) is 4.99 Å². The summed E-state index contributed by atoms with van der Waals surface area (Å²) in [4.78, 5) is 28.9. The molecule has 1 aliphatic rings. The van der Waals surface area contributed by atoms with Crippen molar-refractivity contribution in [2.45, 2.75) is 13.0 Å². The molecule has 1 heterocycles. The van der Waals surface area contributed by atoms with Crippen molar-refractivity contribution >= 4 is 23.3 Å². The summed E-state index contributed by atoms with van der Waals surface area (Å²) in [5.41, 5.74) is 2.84. The van der Waals surface area contributed by atoms with E-state index in [9.17, 15) is 9.59 Å². The number of nitrogens with one attached hydrogen (secondary N) is 1. The molecule has 1 atom stereocenters. The summed E-state index contributed by atoms with van der Waals surface area (Å²) < 4.78 is 4.98. The lowest BCUT2D eigenvalue weighted by atomic mass is 10.0. The van der Waals surface area contributed by atoms with Gasteiger partial charge < -0.3 is 10.1 Å². The maximum Gasteiger partial charge on any atom is 0.340 e. The van der Waals surface area contributed by atoms with Crippen LogP contribution in [0.25, 0.3) is 0 Å². The first-order valence-corrected chi connectivity index (χ1v) is 7.41. The third kappa shape index (κ3) is 2.99. The summed E-state index contributed by atoms with van der Waals surface area (Å²) in [5, 5.41) is 2.76. The number of fused-ring (bicyclic) bond motifs is 1. The van der Waals surface area contributed by atoms with Gasteiger partial charge in [0.2, 0.25) is 6.04 Å². The van der Waals surface area contributed by atoms with Crippen LogP contribution >= 0.6 is 0 Å². The first-order valence-electron chi connectivity index (χ1n) is 7.41. The van der Waals surface area contributed by atoms with E-state index in [0.29, 0.717) is 11.4 Å². The van der Waals surface area contributed by atoms with Crippen LogP contribution in [0.2, 0.25) is 0 Å². The van der Waals surface area contributed by atoms with E-state index in [1.165, 1.54) is 0 Å². The average Bonchev–Trinajstić information content (AvgIpc) is 2.72. The van der Waals surface area contributed by atoms with Gasteiger partial charge in [-0.05, 0) is 13.0 Å². The van der Waals surface area contributed by atoms with Crippen molar-refractivity contribution in [3.8, 4) is 0 Å². The summed E-state index contributed by atoms with van der Waals surface area (Å²) in [5.74, 6) is -1.13. The van der Waals surface area contributed by atoms with E-state index in [2.05, 4.69) is 10.3 Å². The molecule has 0 fully saturated rings. The molecule has 5 nitrogen and oxygen atoms in total. The largest absolute Gasteiger partial charge is 0.464 e. The number of carbonyl (C=O) groups is 2. The predicted octanol–water partition coefficient (Wildman–Crippen LogP) is 2.41. The SMILES string of the molecule is CCOC(=O)C1N=C(c2ccccc2)c2ccccc2NC1=O. The molecule has 1 N–H and O–H groups in total. The molecule has 0 radical (unpaired) electrons. The Bertz CT molecular complexity index is 769. The van der Waals surface area contributed by atoms with Gasteiger partial charge in [-0.1, -0.05) is 48.5 Å². The second-order valence-corrected chi connectivity index (χ2v) is 5.03. The topological polar surface area (TPSA) is 67.8 Å². The molecule has 0 bridgehead atoms. The van der Waals surface area contributed by atoms with Crippen LogP contribution in [-0.4, -0.2) is 30.2 Å². The lowest BCUT2D eigenvalue weighted by Gasteiger charge is -2.09. The molecule has 0 aromatic heterocycles. The average molecular weight is 308 g/mol. The molecule has 2 aromatic rings. The van der Waals surface area contributed by atoms with Crippen LogP contribution in [0.15, 0.2) is 59.6 Å². The highest BCUT2D eigenvalue weighted by Gasteiger charge is 2.32. The Morgan fingerprint density at radius 2 is 1.83 bits per heavy atom. The molecule has 23 heavy (non-hydrogen) atoms. The van der Waals surface area contributed by atoms with Gasteiger partial charge >= 0.3 is 5.97 Å². The van der Waals surface area contributed by atoms with Crippen molar-refractivity contribution in [2.75, 3.05) is 11.9 Å². The third-order valence-electron chi connectivity index (χ3n) is 3.50. The van der Waals surface area contributed by atoms with E-state index in [0.717, 1.165) is 11.1 Å². The Kier molecular flexibility index (Phi) is 4.19. The predicted molar refractivity (Wildman–Crippen MR) is 87.6 cm³/mol. The van der Waals surface area contributed by atoms with Crippen LogP contribution in [0.1, 0.15) is 18.1 Å². The highest BCUT2D eigenvalue weighted by atomic mass is 16.5. The molecule has 0 aliphatic carbocycles. The number of ether oxygens (including phenoxy) is 1. The first-order chi connectivity index (χ1) is 11.2. The van der Waals surface area contributed by atoms with Gasteiger partial charge in [-0.15, -0.1) is 0 Å². The Morgan fingerprint density at radius 3 is 2.57 bits per heavy atom. The van der Waals surface area contributed by atoms with Gasteiger partial charge in [-0.25, -0.2) is 4.79 Å². The fourth-order valence-corrected chi connectivity index (χ4v) is 2.46. The summed E-state index contributed by atoms with van der Waals surface area (Å²) in [7, 11) is 0. The lowest BCUT2D eigenvalue weighted by molar-refractivity contribution is -0.146. The number of benzodiazepines with no additional fused rings is 1. The van der Waals surface area contributed by atoms with Gasteiger partial charge in [0.25, 0.3) is 5.91 Å². The summed E-state index contributed by atoms with van der Waals surface area (Å²) in [6, 6.07) is 15.6. The maximum atomic E-state index is 12.4. The molecule has 2 aromatic carbocycles. The number of hydrogen-bond acceptors (Lipinski definition) is 4. The van der Waals surface area contributed by atoms with E-state index < -0.39 is 17.9 Å². The Morgan fingerprint density at radius 1 is 1.13 bits per heavy atom. The number of esters is 1. The summed E-state index contributed by atoms with van der Waals surface area (Å²) in [6.07, 6.45) is 0. The standard InChI is InChI=1S/C18H16N2O3/c1-2-23-18(22)16-17(21)19-14-11-7-6-10-13(14)15(20-16)12-8-4-3-5-9-12/h3-11,16H,2H2,1H3,(H,19,21). The molecule has 116 valence electrons. The monoisotopic (exact) mass is 308 g/mol. The van der Waals surface area contributed by atoms with Gasteiger partial charge in [0.15, 0.2) is 0 Å². The molecular formula is C18H16N2O3. The molecule has 1 amide bonds. The minimum Gasteiger partial charge on any atom is -0.464 e. The fourth-order valence-electron chi connectivity index (χ4n) is 2.46. The maximum absolute atomic E-state index is 12.4. The first kappa shape index (κ1) is 15.0. The minimum atomic E-state index is -1.21. The zero-order valence-electron chi connectivity index (χ0n) is 12.7. The third-order valence-corrected chi connectivity index (χ3v) is 3.50. The summed E-state index contributed by atoms with van der Waals surface area (Å²) in [6.45, 7) is 1.90. The molecule has 1 aliphatic heterocycles. The number of hydrogen-bond donors (Lipinski definition) is 1. The molecule has 0 saturated heterocycles. The molecule has 5 heteroatoms. The van der Waals surface area contributed by atoms with E-state index in [1.54, 1.807) is 13.0 Å². The Hall–Kier alpha value is -2.95. The fraction of sp³-hybridized carbons (Fsp3) is 0.167. The van der Waals surface area contributed by atoms with E-state index in [1.807, 2.05) is 48.5 Å². The van der Waals surface area contributed by atoms with Crippen LogP contribution in [0, 0.1) is 0 Å². The van der Waals surface area contributed by atoms with Crippen molar-refractivity contribution in [3.63, 3.8) is 0 Å². The molecule has 0 saturated carbocycles. The zero-order valence-corrected chi connectivity index (χ0v) is 12.7. The Balaban J connectivity index is 2.15. The van der Waals surface area contributed by atoms with Crippen LogP contribution in [0.4, 0.5) is 5.69 Å². The smallest absolute Gasteiger partial charge is 0.340 e. The van der Waals surface area contributed by atoms with Crippen LogP contribution in [-0.2, 0) is 14.3 Å². The number of aliphatic imine (C=N–C) groups is 1. The number of nitrogens with zero attached hydrogens (tertiary/aromatic N) is 1. The van der Waals surface area contributed by atoms with Gasteiger partial charge in [0.05, 0.1) is 18.0 Å². The molecular weight excluding hydrogens is 292 g/mol. The number of para-hydroxylation sites is 1. The van der Waals surface area contributed by atoms with Crippen LogP contribution in [0.5, 0.6) is 0 Å². The lowest BCUT2D eigenvalue weighted by Crippen LogP contribution is -2.34. The van der Waals surface area contributed by atoms with Crippen molar-refractivity contribution in [3.05, 3.63) is 65.7 Å². The number of amides is 1. The quantitative estimate of drug-likeness (QED) is 0.699. The highest BCUT2D eigenvalue weighted by molar-refractivity contribution is 6.22. The highest BCUT2D eigenvalue weighted by Crippen LogP contribution is 2.24. The van der Waals surface area contributed by atoms with Crippen molar-refractivity contribution < 1.29 is 14.3 Å². The zero-order chi connectivity index (χ0) is 16.2.